The van der Waals surface area contributed by atoms with Crippen LogP contribution >= 0.6 is 0 Å². The third-order valence-corrected chi connectivity index (χ3v) is 8.36. The van der Waals surface area contributed by atoms with Gasteiger partial charge in [-0.15, -0.1) is 0 Å². The Balaban J connectivity index is 1.44. The molecule has 1 aromatic rings. The number of hydroxylamine groups is 3. The van der Waals surface area contributed by atoms with Crippen LogP contribution in [0.4, 0.5) is 5.69 Å². The summed E-state index contributed by atoms with van der Waals surface area (Å²) >= 11 is 0. The Kier molecular flexibility index (Phi) is 3.18. The van der Waals surface area contributed by atoms with Crippen LogP contribution in [0.1, 0.15) is 18.4 Å². The molecule has 0 saturated carbocycles. The maximum Gasteiger partial charge on any atom is 0.231 e. The van der Waals surface area contributed by atoms with E-state index in [4.69, 9.17) is 28.7 Å². The molecule has 0 amide bonds. The van der Waals surface area contributed by atoms with Gasteiger partial charge in [-0.1, -0.05) is 6.08 Å². The summed E-state index contributed by atoms with van der Waals surface area (Å²) in [6.45, 7) is 1.79. The Hall–Kier alpha value is -2.29. The Morgan fingerprint density at radius 3 is 3.07 bits per heavy atom. The van der Waals surface area contributed by atoms with Crippen molar-refractivity contribution in [2.24, 2.45) is 16.8 Å². The molecule has 7 heterocycles. The van der Waals surface area contributed by atoms with Crippen molar-refractivity contribution in [2.45, 2.75) is 30.3 Å². The lowest BCUT2D eigenvalue weighted by Gasteiger charge is -2.63. The number of nitrogens with zero attached hydrogens (tertiary/aromatic N) is 2. The number of fused-ring (bicyclic) bond motifs is 3. The van der Waals surface area contributed by atoms with Crippen LogP contribution in [0.15, 0.2) is 22.7 Å². The quantitative estimate of drug-likeness (QED) is 0.431. The van der Waals surface area contributed by atoms with E-state index in [0.717, 1.165) is 24.1 Å². The number of aliphatic imine (C=N–C) groups is 1. The highest BCUT2D eigenvalue weighted by molar-refractivity contribution is 6.00. The highest BCUT2D eigenvalue weighted by atomic mass is 16.7. The maximum atomic E-state index is 14.5. The lowest BCUT2D eigenvalue weighted by molar-refractivity contribution is -0.932. The fraction of sp³-hybridized carbons (Fsp3) is 0.591. The molecule has 7 aliphatic heterocycles. The summed E-state index contributed by atoms with van der Waals surface area (Å²) < 4.78 is 28.6. The van der Waals surface area contributed by atoms with E-state index in [1.807, 2.05) is 6.07 Å². The molecule has 7 aliphatic rings. The standard InChI is InChI=1S/C22H24N2O6/c1-26-4-3-11-8-24(25)15-7-22-17(24)5-12(11)13(15)9-28-21(22)23-14-6-16-19(30-10-29-16)20(27-2)18(14)22/h3,6,12-13,15,17H,4-5,7-10H2,1-2H3/b11-3+/t12-,13+,15+,17+,22+,24?/m1/s1. The van der Waals surface area contributed by atoms with E-state index in [-0.39, 0.29) is 29.4 Å². The number of piperidine rings is 3. The zero-order valence-electron chi connectivity index (χ0n) is 17.1. The smallest absolute Gasteiger partial charge is 0.231 e. The van der Waals surface area contributed by atoms with E-state index < -0.39 is 5.41 Å². The minimum absolute atomic E-state index is 0.0159. The van der Waals surface area contributed by atoms with Crippen LogP contribution in [0.3, 0.4) is 0 Å². The highest BCUT2D eigenvalue weighted by Gasteiger charge is 2.75. The van der Waals surface area contributed by atoms with Crippen molar-refractivity contribution in [3.8, 4) is 17.2 Å². The van der Waals surface area contributed by atoms with Crippen molar-refractivity contribution < 1.29 is 28.3 Å². The van der Waals surface area contributed by atoms with Gasteiger partial charge in [0.1, 0.15) is 18.0 Å². The SMILES string of the molecule is COC/C=C1\C[N+]2([O-])[C@H]3C[C@@]45C(=Nc6cc7c(c(OC)c64)OCO7)OC[C@H]3[C@@H]1C[C@@H]52. The van der Waals surface area contributed by atoms with Gasteiger partial charge in [-0.3, -0.25) is 0 Å². The summed E-state index contributed by atoms with van der Waals surface area (Å²) in [4.78, 5) is 4.89. The second-order valence-corrected chi connectivity index (χ2v) is 9.28. The lowest BCUT2D eigenvalue weighted by Crippen LogP contribution is -2.70. The number of ether oxygens (including phenoxy) is 5. The van der Waals surface area contributed by atoms with Gasteiger partial charge in [0, 0.05) is 37.5 Å². The molecule has 6 atom stereocenters. The Labute approximate surface area is 174 Å². The molecular formula is C22H24N2O6. The molecule has 0 radical (unpaired) electrons. The molecule has 5 fully saturated rings. The molecule has 1 unspecified atom stereocenters. The number of hydrogen-bond donors (Lipinski definition) is 0. The summed E-state index contributed by atoms with van der Waals surface area (Å²) in [7, 11) is 3.34. The average Bonchev–Trinajstić information content (AvgIpc) is 3.31. The van der Waals surface area contributed by atoms with E-state index in [1.165, 1.54) is 5.57 Å². The zero-order valence-corrected chi connectivity index (χ0v) is 17.1. The first-order valence-corrected chi connectivity index (χ1v) is 10.6. The number of rotatable bonds is 3. The molecule has 30 heavy (non-hydrogen) atoms. The molecule has 1 aromatic carbocycles. The van der Waals surface area contributed by atoms with Gasteiger partial charge in [-0.05, 0) is 5.57 Å². The van der Waals surface area contributed by atoms with Crippen molar-refractivity contribution in [1.29, 1.82) is 0 Å². The first-order chi connectivity index (χ1) is 14.6. The van der Waals surface area contributed by atoms with Crippen molar-refractivity contribution >= 4 is 11.6 Å². The largest absolute Gasteiger partial charge is 0.632 e. The monoisotopic (exact) mass is 412 g/mol. The summed E-state index contributed by atoms with van der Waals surface area (Å²) in [5.41, 5.74) is 2.43. The van der Waals surface area contributed by atoms with E-state index in [2.05, 4.69) is 6.08 Å². The minimum atomic E-state index is -0.551. The third-order valence-electron chi connectivity index (χ3n) is 8.36. The van der Waals surface area contributed by atoms with Gasteiger partial charge in [0.05, 0.1) is 38.0 Å². The van der Waals surface area contributed by atoms with Gasteiger partial charge in [-0.25, -0.2) is 4.99 Å². The van der Waals surface area contributed by atoms with Crippen molar-refractivity contribution in [1.82, 2.24) is 0 Å². The van der Waals surface area contributed by atoms with E-state index >= 15 is 0 Å². The van der Waals surface area contributed by atoms with E-state index in [0.29, 0.717) is 48.8 Å². The van der Waals surface area contributed by atoms with Crippen LogP contribution in [-0.4, -0.2) is 63.4 Å². The zero-order chi connectivity index (χ0) is 20.3. The topological polar surface area (TPSA) is 81.6 Å². The fourth-order valence-corrected chi connectivity index (χ4v) is 7.32. The highest BCUT2D eigenvalue weighted by Crippen LogP contribution is 2.68. The van der Waals surface area contributed by atoms with Gasteiger partial charge >= 0.3 is 0 Å². The van der Waals surface area contributed by atoms with Gasteiger partial charge < -0.3 is 33.5 Å². The molecule has 0 N–H and O–H groups in total. The first kappa shape index (κ1) is 17.4. The Morgan fingerprint density at radius 1 is 1.33 bits per heavy atom. The summed E-state index contributed by atoms with van der Waals surface area (Å²) in [5.74, 6) is 3.17. The van der Waals surface area contributed by atoms with Crippen LogP contribution in [0, 0.1) is 17.0 Å². The van der Waals surface area contributed by atoms with E-state index in [1.54, 1.807) is 14.2 Å². The maximum absolute atomic E-state index is 14.5. The number of methoxy groups -OCH3 is 2. The summed E-state index contributed by atoms with van der Waals surface area (Å²) in [6, 6.07) is 1.80. The first-order valence-electron chi connectivity index (χ1n) is 10.6. The Bertz CT molecular complexity index is 1040. The molecule has 158 valence electrons. The number of quaternary nitrogens is 1. The Morgan fingerprint density at radius 2 is 2.23 bits per heavy atom. The van der Waals surface area contributed by atoms with Crippen LogP contribution in [-0.2, 0) is 14.9 Å². The molecule has 8 heteroatoms. The van der Waals surface area contributed by atoms with Crippen molar-refractivity contribution in [2.75, 3.05) is 40.8 Å². The predicted molar refractivity (Wildman–Crippen MR) is 106 cm³/mol. The summed E-state index contributed by atoms with van der Waals surface area (Å²) in [5, 5.41) is 14.5. The van der Waals surface area contributed by atoms with Gasteiger partial charge in [0.15, 0.2) is 11.5 Å². The van der Waals surface area contributed by atoms with Crippen LogP contribution in [0.5, 0.6) is 17.2 Å². The minimum Gasteiger partial charge on any atom is -0.632 e. The van der Waals surface area contributed by atoms with Gasteiger partial charge in [0.25, 0.3) is 0 Å². The second kappa shape index (κ2) is 5.49. The number of benzene rings is 1. The summed E-state index contributed by atoms with van der Waals surface area (Å²) in [6.07, 6.45) is 3.71. The fourth-order valence-electron chi connectivity index (χ4n) is 7.32. The second-order valence-electron chi connectivity index (χ2n) is 9.28. The molecule has 8 nitrogen and oxygen atoms in total. The lowest BCUT2D eigenvalue weighted by atomic mass is 9.67. The normalized spacial score (nSPS) is 42.1. The molecule has 0 aromatic heterocycles. The average molecular weight is 412 g/mol. The molecule has 5 bridgehead atoms. The molecule has 0 aliphatic carbocycles. The van der Waals surface area contributed by atoms with Crippen LogP contribution in [0.2, 0.25) is 0 Å². The van der Waals surface area contributed by atoms with Crippen molar-refractivity contribution in [3.05, 3.63) is 28.5 Å². The van der Waals surface area contributed by atoms with Gasteiger partial charge in [-0.2, -0.15) is 0 Å². The molecular weight excluding hydrogens is 388 g/mol. The third kappa shape index (κ3) is 1.75. The van der Waals surface area contributed by atoms with Crippen molar-refractivity contribution in [3.63, 3.8) is 0 Å². The molecule has 1 spiro atoms. The van der Waals surface area contributed by atoms with Crippen LogP contribution < -0.4 is 14.2 Å². The van der Waals surface area contributed by atoms with E-state index in [9.17, 15) is 5.21 Å². The number of hydrogen-bond acceptors (Lipinski definition) is 7. The van der Waals surface area contributed by atoms with Gasteiger partial charge in [0.2, 0.25) is 18.4 Å². The molecule has 5 saturated heterocycles. The van der Waals surface area contributed by atoms with Crippen LogP contribution in [0.25, 0.3) is 0 Å². The predicted octanol–water partition coefficient (Wildman–Crippen LogP) is 2.41. The molecule has 8 rings (SSSR count).